The van der Waals surface area contributed by atoms with E-state index >= 15 is 0 Å². The highest BCUT2D eigenvalue weighted by molar-refractivity contribution is 14.1. The Morgan fingerprint density at radius 3 is 2.67 bits per heavy atom. The Morgan fingerprint density at radius 2 is 2.06 bits per heavy atom. The number of hydrogen-bond acceptors (Lipinski definition) is 2. The lowest BCUT2D eigenvalue weighted by Gasteiger charge is -2.22. The van der Waals surface area contributed by atoms with Gasteiger partial charge in [-0.2, -0.15) is 0 Å². The molecule has 3 nitrogen and oxygen atoms in total. The number of ketones is 1. The molecule has 1 aliphatic rings. The van der Waals surface area contributed by atoms with E-state index in [0.717, 1.165) is 3.57 Å². The number of carbonyl (C=O) groups is 2. The summed E-state index contributed by atoms with van der Waals surface area (Å²) in [6.45, 7) is 0.368. The van der Waals surface area contributed by atoms with Gasteiger partial charge in [-0.1, -0.05) is 23.2 Å². The second-order valence-corrected chi connectivity index (χ2v) is 5.70. The van der Waals surface area contributed by atoms with Crippen LogP contribution in [0.15, 0.2) is 24.4 Å². The number of amides is 1. The minimum atomic E-state index is -0.240. The van der Waals surface area contributed by atoms with Gasteiger partial charge in [-0.25, -0.2) is 0 Å². The van der Waals surface area contributed by atoms with Crippen LogP contribution in [0, 0.1) is 3.57 Å². The van der Waals surface area contributed by atoms with Crippen molar-refractivity contribution in [3.63, 3.8) is 0 Å². The van der Waals surface area contributed by atoms with Crippen LogP contribution in [0.2, 0.25) is 10.0 Å². The highest BCUT2D eigenvalue weighted by Gasteiger charge is 2.23. The van der Waals surface area contributed by atoms with Crippen LogP contribution < -0.4 is 0 Å². The van der Waals surface area contributed by atoms with Crippen LogP contribution in [-0.2, 0) is 4.79 Å². The zero-order valence-electron chi connectivity index (χ0n) is 9.12. The summed E-state index contributed by atoms with van der Waals surface area (Å²) in [7, 11) is 0. The molecule has 0 aliphatic carbocycles. The van der Waals surface area contributed by atoms with Gasteiger partial charge in [0.1, 0.15) is 0 Å². The lowest BCUT2D eigenvalue weighted by atomic mass is 10.1. The monoisotopic (exact) mass is 395 g/mol. The van der Waals surface area contributed by atoms with Crippen molar-refractivity contribution in [2.75, 3.05) is 6.54 Å². The van der Waals surface area contributed by atoms with Gasteiger partial charge in [0.15, 0.2) is 5.78 Å². The Labute approximate surface area is 128 Å². The van der Waals surface area contributed by atoms with Gasteiger partial charge in [0, 0.05) is 22.7 Å². The Morgan fingerprint density at radius 1 is 1.33 bits per heavy atom. The van der Waals surface area contributed by atoms with Crippen molar-refractivity contribution in [3.05, 3.63) is 43.6 Å². The van der Waals surface area contributed by atoms with Gasteiger partial charge in [0.2, 0.25) is 0 Å². The van der Waals surface area contributed by atoms with E-state index in [4.69, 9.17) is 23.2 Å². The van der Waals surface area contributed by atoms with E-state index in [1.165, 1.54) is 17.2 Å². The van der Waals surface area contributed by atoms with Crippen molar-refractivity contribution in [3.8, 4) is 0 Å². The van der Waals surface area contributed by atoms with Crippen molar-refractivity contribution in [1.29, 1.82) is 0 Å². The third-order valence-electron chi connectivity index (χ3n) is 2.56. The molecule has 2 rings (SSSR count). The summed E-state index contributed by atoms with van der Waals surface area (Å²) in [5.41, 5.74) is 0.378. The molecule has 0 aromatic heterocycles. The lowest BCUT2D eigenvalue weighted by Crippen LogP contribution is -2.31. The van der Waals surface area contributed by atoms with Crippen molar-refractivity contribution in [1.82, 2.24) is 4.90 Å². The smallest absolute Gasteiger partial charge is 0.260 e. The largest absolute Gasteiger partial charge is 0.314 e. The highest BCUT2D eigenvalue weighted by Crippen LogP contribution is 2.30. The van der Waals surface area contributed by atoms with Gasteiger partial charge in [-0.05, 0) is 40.8 Å². The van der Waals surface area contributed by atoms with Crippen LogP contribution in [0.25, 0.3) is 0 Å². The first kappa shape index (κ1) is 13.8. The van der Waals surface area contributed by atoms with Gasteiger partial charge in [-0.3, -0.25) is 9.59 Å². The van der Waals surface area contributed by atoms with E-state index in [2.05, 4.69) is 0 Å². The van der Waals surface area contributed by atoms with Crippen LogP contribution in [0.3, 0.4) is 0 Å². The molecule has 0 spiro atoms. The lowest BCUT2D eigenvalue weighted by molar-refractivity contribution is -0.115. The molecule has 1 aliphatic heterocycles. The summed E-state index contributed by atoms with van der Waals surface area (Å²) in [5, 5.41) is 0.594. The van der Waals surface area contributed by atoms with Crippen LogP contribution in [-0.4, -0.2) is 23.1 Å². The van der Waals surface area contributed by atoms with Gasteiger partial charge in [0.25, 0.3) is 5.91 Å². The van der Waals surface area contributed by atoms with Gasteiger partial charge < -0.3 is 4.90 Å². The van der Waals surface area contributed by atoms with Crippen LogP contribution in [0.4, 0.5) is 0 Å². The molecule has 0 saturated heterocycles. The Bertz CT molecular complexity index is 557. The predicted molar refractivity (Wildman–Crippen MR) is 79.0 cm³/mol. The number of benzene rings is 1. The minimum Gasteiger partial charge on any atom is -0.314 e. The van der Waals surface area contributed by atoms with E-state index in [1.54, 1.807) is 12.1 Å². The SMILES string of the molecule is O=C1C=CN(C(=O)c2c(I)ccc(Cl)c2Cl)CC1. The van der Waals surface area contributed by atoms with E-state index in [0.29, 0.717) is 23.6 Å². The molecule has 0 bridgehead atoms. The topological polar surface area (TPSA) is 37.4 Å². The third kappa shape index (κ3) is 2.70. The molecular formula is C12H8Cl2INO2. The maximum Gasteiger partial charge on any atom is 0.260 e. The number of nitrogens with zero attached hydrogens (tertiary/aromatic N) is 1. The summed E-state index contributed by atoms with van der Waals surface area (Å²) in [6, 6.07) is 3.39. The standard InChI is InChI=1S/C12H8Cl2INO2/c13-8-1-2-9(15)10(11(8)14)12(18)16-5-3-7(17)4-6-16/h1-3,5H,4,6H2. The van der Waals surface area contributed by atoms with Crippen molar-refractivity contribution < 1.29 is 9.59 Å². The average Bonchev–Trinajstić information content (AvgIpc) is 2.35. The van der Waals surface area contributed by atoms with Crippen LogP contribution in [0.5, 0.6) is 0 Å². The summed E-state index contributed by atoms with van der Waals surface area (Å²) in [5.74, 6) is -0.221. The number of allylic oxidation sites excluding steroid dienone is 1. The van der Waals surface area contributed by atoms with E-state index in [1.807, 2.05) is 22.6 Å². The van der Waals surface area contributed by atoms with E-state index in [9.17, 15) is 9.59 Å². The maximum absolute atomic E-state index is 12.3. The second kappa shape index (κ2) is 5.59. The number of halogens is 3. The van der Waals surface area contributed by atoms with Gasteiger partial charge >= 0.3 is 0 Å². The van der Waals surface area contributed by atoms with Crippen LogP contribution in [0.1, 0.15) is 16.8 Å². The zero-order valence-corrected chi connectivity index (χ0v) is 12.8. The Hall–Kier alpha value is -0.590. The first-order valence-corrected chi connectivity index (χ1v) is 6.99. The second-order valence-electron chi connectivity index (χ2n) is 3.75. The first-order valence-electron chi connectivity index (χ1n) is 5.16. The summed E-state index contributed by atoms with van der Waals surface area (Å²) in [4.78, 5) is 24.9. The average molecular weight is 396 g/mol. The number of carbonyl (C=O) groups excluding carboxylic acids is 2. The molecule has 0 saturated carbocycles. The van der Waals surface area contributed by atoms with E-state index < -0.39 is 0 Å². The summed E-state index contributed by atoms with van der Waals surface area (Å²) in [6.07, 6.45) is 3.21. The fourth-order valence-corrected chi connectivity index (χ4v) is 2.84. The molecule has 0 fully saturated rings. The number of rotatable bonds is 1. The maximum atomic E-state index is 12.3. The fourth-order valence-electron chi connectivity index (χ4n) is 1.60. The minimum absolute atomic E-state index is 0.0194. The van der Waals surface area contributed by atoms with Gasteiger partial charge in [0.05, 0.1) is 15.6 Å². The molecule has 6 heteroatoms. The molecule has 1 aromatic rings. The molecule has 94 valence electrons. The molecule has 18 heavy (non-hydrogen) atoms. The van der Waals surface area contributed by atoms with E-state index in [-0.39, 0.29) is 16.7 Å². The van der Waals surface area contributed by atoms with Gasteiger partial charge in [-0.15, -0.1) is 0 Å². The van der Waals surface area contributed by atoms with Crippen LogP contribution >= 0.6 is 45.8 Å². The molecule has 1 aromatic carbocycles. The predicted octanol–water partition coefficient (Wildman–Crippen LogP) is 3.53. The summed E-state index contributed by atoms with van der Waals surface area (Å²) >= 11 is 14.0. The molecule has 0 N–H and O–H groups in total. The first-order chi connectivity index (χ1) is 8.50. The third-order valence-corrected chi connectivity index (χ3v) is 4.26. The zero-order chi connectivity index (χ0) is 13.3. The highest BCUT2D eigenvalue weighted by atomic mass is 127. The molecule has 0 atom stereocenters. The fraction of sp³-hybridized carbons (Fsp3) is 0.167. The van der Waals surface area contributed by atoms with Crippen molar-refractivity contribution in [2.45, 2.75) is 6.42 Å². The molecular weight excluding hydrogens is 388 g/mol. The molecule has 0 radical (unpaired) electrons. The quantitative estimate of drug-likeness (QED) is 0.538. The Kier molecular flexibility index (Phi) is 4.29. The number of hydrogen-bond donors (Lipinski definition) is 0. The van der Waals surface area contributed by atoms with Crippen molar-refractivity contribution >= 4 is 57.5 Å². The van der Waals surface area contributed by atoms with Crippen molar-refractivity contribution in [2.24, 2.45) is 0 Å². The Balaban J connectivity index is 2.38. The molecule has 1 heterocycles. The molecule has 1 amide bonds. The summed E-state index contributed by atoms with van der Waals surface area (Å²) < 4.78 is 0.734. The molecule has 0 unspecified atom stereocenters. The normalized spacial score (nSPS) is 15.1.